The molecule has 0 radical (unpaired) electrons. The number of likely N-dealkylation sites (N-methyl/N-ethyl adjacent to an activating group) is 1. The van der Waals surface area contributed by atoms with Crippen LogP contribution in [-0.2, 0) is 9.53 Å². The van der Waals surface area contributed by atoms with Gasteiger partial charge in [0.05, 0.1) is 12.6 Å². The fourth-order valence-corrected chi connectivity index (χ4v) is 1.61. The molecule has 0 aliphatic carbocycles. The Hall–Kier alpha value is -1.34. The van der Waals surface area contributed by atoms with Gasteiger partial charge in [-0.1, -0.05) is 0 Å². The smallest absolute Gasteiger partial charge is 0.326 e. The Kier molecular flexibility index (Phi) is 8.06. The second kappa shape index (κ2) is 8.71. The van der Waals surface area contributed by atoms with E-state index in [4.69, 9.17) is 14.9 Å². The number of hydrogen-bond donors (Lipinski definition) is 3. The molecule has 2 atom stereocenters. The number of amides is 2. The topological polar surface area (TPSA) is 99.1 Å². The molecular formula is C11H22N2O5. The van der Waals surface area contributed by atoms with Gasteiger partial charge in [-0.2, -0.15) is 0 Å². The van der Waals surface area contributed by atoms with Crippen LogP contribution in [0.15, 0.2) is 0 Å². The van der Waals surface area contributed by atoms with Crippen molar-refractivity contribution in [2.24, 2.45) is 0 Å². The van der Waals surface area contributed by atoms with Gasteiger partial charge in [0.15, 0.2) is 0 Å². The number of carboxylic acids is 1. The number of rotatable bonds is 8. The third-order valence-electron chi connectivity index (χ3n) is 2.56. The van der Waals surface area contributed by atoms with Gasteiger partial charge in [0.25, 0.3) is 0 Å². The Balaban J connectivity index is 4.53. The minimum Gasteiger partial charge on any atom is -0.480 e. The van der Waals surface area contributed by atoms with E-state index in [1.54, 1.807) is 6.92 Å². The molecule has 2 amide bonds. The summed E-state index contributed by atoms with van der Waals surface area (Å²) in [4.78, 5) is 24.2. The number of nitrogens with zero attached hydrogens (tertiary/aromatic N) is 1. The van der Waals surface area contributed by atoms with Crippen molar-refractivity contribution in [2.45, 2.75) is 32.4 Å². The lowest BCUT2D eigenvalue weighted by atomic mass is 10.2. The summed E-state index contributed by atoms with van der Waals surface area (Å²) in [5, 5.41) is 20.0. The van der Waals surface area contributed by atoms with Crippen LogP contribution < -0.4 is 5.32 Å². The molecule has 0 aliphatic rings. The van der Waals surface area contributed by atoms with E-state index in [1.165, 1.54) is 12.0 Å². The van der Waals surface area contributed by atoms with Crippen LogP contribution in [-0.4, -0.2) is 66.1 Å². The van der Waals surface area contributed by atoms with Crippen molar-refractivity contribution in [1.29, 1.82) is 0 Å². The van der Waals surface area contributed by atoms with Crippen LogP contribution in [0.1, 0.15) is 20.3 Å². The maximum atomic E-state index is 11.9. The Morgan fingerprint density at radius 3 is 2.44 bits per heavy atom. The SMILES string of the molecule is CCN(C(=O)N[C@H](CCO)C(=O)O)C(C)COC. The first-order valence-corrected chi connectivity index (χ1v) is 5.87. The molecule has 7 heteroatoms. The fourth-order valence-electron chi connectivity index (χ4n) is 1.61. The molecule has 0 aromatic rings. The standard InChI is InChI=1S/C11H22N2O5/c1-4-13(8(2)7-18-3)11(17)12-9(5-6-14)10(15)16/h8-9,14H,4-7H2,1-3H3,(H,12,17)(H,15,16)/t8?,9-/m1/s1. The number of hydrogen-bond acceptors (Lipinski definition) is 4. The number of aliphatic hydroxyl groups excluding tert-OH is 1. The van der Waals surface area contributed by atoms with Crippen LogP contribution >= 0.6 is 0 Å². The molecule has 7 nitrogen and oxygen atoms in total. The summed E-state index contributed by atoms with van der Waals surface area (Å²) < 4.78 is 4.96. The van der Waals surface area contributed by atoms with Crippen LogP contribution in [0.5, 0.6) is 0 Å². The Bertz CT molecular complexity index is 272. The predicted molar refractivity (Wildman–Crippen MR) is 65.4 cm³/mol. The van der Waals surface area contributed by atoms with E-state index in [0.29, 0.717) is 13.2 Å². The van der Waals surface area contributed by atoms with E-state index < -0.39 is 18.0 Å². The van der Waals surface area contributed by atoms with Crippen molar-refractivity contribution in [3.05, 3.63) is 0 Å². The van der Waals surface area contributed by atoms with E-state index in [-0.39, 0.29) is 19.1 Å². The third kappa shape index (κ3) is 5.33. The zero-order chi connectivity index (χ0) is 14.1. The Morgan fingerprint density at radius 2 is 2.06 bits per heavy atom. The van der Waals surface area contributed by atoms with E-state index in [1.807, 2.05) is 6.92 Å². The summed E-state index contributed by atoms with van der Waals surface area (Å²) in [5.41, 5.74) is 0. The molecule has 3 N–H and O–H groups in total. The third-order valence-corrected chi connectivity index (χ3v) is 2.56. The highest BCUT2D eigenvalue weighted by Crippen LogP contribution is 2.02. The molecule has 0 saturated carbocycles. The summed E-state index contributed by atoms with van der Waals surface area (Å²) in [7, 11) is 1.54. The Morgan fingerprint density at radius 1 is 1.44 bits per heavy atom. The molecule has 0 spiro atoms. The molecule has 106 valence electrons. The number of nitrogens with one attached hydrogen (secondary N) is 1. The highest BCUT2D eigenvalue weighted by molar-refractivity contribution is 5.82. The van der Waals surface area contributed by atoms with Crippen LogP contribution in [0.2, 0.25) is 0 Å². The molecule has 0 rings (SSSR count). The summed E-state index contributed by atoms with van der Waals surface area (Å²) >= 11 is 0. The second-order valence-electron chi connectivity index (χ2n) is 3.94. The van der Waals surface area contributed by atoms with Gasteiger partial charge in [0, 0.05) is 26.7 Å². The lowest BCUT2D eigenvalue weighted by molar-refractivity contribution is -0.139. The van der Waals surface area contributed by atoms with E-state index in [2.05, 4.69) is 5.32 Å². The van der Waals surface area contributed by atoms with Gasteiger partial charge >= 0.3 is 12.0 Å². The molecule has 1 unspecified atom stereocenters. The average molecular weight is 262 g/mol. The lowest BCUT2D eigenvalue weighted by Crippen LogP contribution is -2.51. The molecule has 0 aromatic heterocycles. The molecular weight excluding hydrogens is 240 g/mol. The highest BCUT2D eigenvalue weighted by atomic mass is 16.5. The van der Waals surface area contributed by atoms with Crippen LogP contribution in [0.4, 0.5) is 4.79 Å². The number of carbonyl (C=O) groups is 2. The predicted octanol–water partition coefficient (Wildman–Crippen LogP) is -0.112. The van der Waals surface area contributed by atoms with Gasteiger partial charge in [-0.15, -0.1) is 0 Å². The second-order valence-corrected chi connectivity index (χ2v) is 3.94. The van der Waals surface area contributed by atoms with Crippen molar-refractivity contribution in [1.82, 2.24) is 10.2 Å². The largest absolute Gasteiger partial charge is 0.480 e. The summed E-state index contributed by atoms with van der Waals surface area (Å²) in [6.07, 6.45) is -0.0166. The van der Waals surface area contributed by atoms with Gasteiger partial charge in [0.2, 0.25) is 0 Å². The highest BCUT2D eigenvalue weighted by Gasteiger charge is 2.24. The van der Waals surface area contributed by atoms with Crippen LogP contribution in [0.25, 0.3) is 0 Å². The molecule has 0 fully saturated rings. The molecule has 0 heterocycles. The molecule has 0 aromatic carbocycles. The number of urea groups is 1. The van der Waals surface area contributed by atoms with Crippen molar-refractivity contribution >= 4 is 12.0 Å². The summed E-state index contributed by atoms with van der Waals surface area (Å²) in [6, 6.07) is -1.70. The number of aliphatic hydroxyl groups is 1. The first-order chi connectivity index (χ1) is 8.47. The maximum absolute atomic E-state index is 11.9. The van der Waals surface area contributed by atoms with E-state index in [0.717, 1.165) is 0 Å². The first kappa shape index (κ1) is 16.7. The van der Waals surface area contributed by atoms with E-state index >= 15 is 0 Å². The maximum Gasteiger partial charge on any atom is 0.326 e. The number of aliphatic carboxylic acids is 1. The normalized spacial score (nSPS) is 13.8. The van der Waals surface area contributed by atoms with Gasteiger partial charge < -0.3 is 25.2 Å². The number of carbonyl (C=O) groups excluding carboxylic acids is 1. The van der Waals surface area contributed by atoms with Gasteiger partial charge in [-0.3, -0.25) is 0 Å². The Labute approximate surface area is 107 Å². The van der Waals surface area contributed by atoms with Crippen molar-refractivity contribution in [2.75, 3.05) is 26.9 Å². The molecule has 0 saturated heterocycles. The summed E-state index contributed by atoms with van der Waals surface area (Å²) in [5.74, 6) is -1.16. The van der Waals surface area contributed by atoms with E-state index in [9.17, 15) is 9.59 Å². The van der Waals surface area contributed by atoms with Crippen molar-refractivity contribution in [3.63, 3.8) is 0 Å². The lowest BCUT2D eigenvalue weighted by Gasteiger charge is -2.29. The van der Waals surface area contributed by atoms with Gasteiger partial charge in [-0.05, 0) is 13.8 Å². The fraction of sp³-hybridized carbons (Fsp3) is 0.818. The van der Waals surface area contributed by atoms with Crippen molar-refractivity contribution in [3.8, 4) is 0 Å². The van der Waals surface area contributed by atoms with Crippen molar-refractivity contribution < 1.29 is 24.5 Å². The average Bonchev–Trinajstić information content (AvgIpc) is 2.29. The first-order valence-electron chi connectivity index (χ1n) is 5.87. The quantitative estimate of drug-likeness (QED) is 0.567. The van der Waals surface area contributed by atoms with Gasteiger partial charge in [0.1, 0.15) is 6.04 Å². The number of ether oxygens (including phenoxy) is 1. The molecule has 18 heavy (non-hydrogen) atoms. The zero-order valence-electron chi connectivity index (χ0n) is 11.0. The molecule has 0 bridgehead atoms. The monoisotopic (exact) mass is 262 g/mol. The minimum absolute atomic E-state index is 0.0166. The van der Waals surface area contributed by atoms with Gasteiger partial charge in [-0.25, -0.2) is 9.59 Å². The minimum atomic E-state index is -1.16. The number of carboxylic acid groups (broad SMARTS) is 1. The zero-order valence-corrected chi connectivity index (χ0v) is 11.0. The molecule has 0 aliphatic heterocycles. The van der Waals surface area contributed by atoms with Crippen LogP contribution in [0, 0.1) is 0 Å². The number of methoxy groups -OCH3 is 1. The van der Waals surface area contributed by atoms with Crippen LogP contribution in [0.3, 0.4) is 0 Å². The summed E-state index contributed by atoms with van der Waals surface area (Å²) in [6.45, 7) is 4.14.